The number of H-pyrrole nitrogens is 1. The summed E-state index contributed by atoms with van der Waals surface area (Å²) in [4.78, 5) is 54.9. The van der Waals surface area contributed by atoms with E-state index in [0.717, 1.165) is 4.57 Å². The zero-order valence-corrected chi connectivity index (χ0v) is 21.4. The lowest BCUT2D eigenvalue weighted by Crippen LogP contribution is -2.58. The highest BCUT2D eigenvalue weighted by Gasteiger charge is 2.55. The monoisotopic (exact) mass is 549 g/mol. The van der Waals surface area contributed by atoms with E-state index in [1.807, 2.05) is 0 Å². The van der Waals surface area contributed by atoms with Crippen LogP contribution >= 0.6 is 27.5 Å². The maximum atomic E-state index is 13.9. The second kappa shape index (κ2) is 10.5. The number of nitrogens with zero attached hydrogens (tertiary/aromatic N) is 1. The van der Waals surface area contributed by atoms with E-state index in [-0.39, 0.29) is 12.0 Å². The molecule has 0 bridgehead atoms. The number of carbonyl (C=O) groups is 2. The fourth-order valence-electron chi connectivity index (χ4n) is 3.51. The molecule has 0 spiro atoms. The first-order valence-corrected chi connectivity index (χ1v) is 11.7. The van der Waals surface area contributed by atoms with Crippen molar-refractivity contribution in [3.05, 3.63) is 37.6 Å². The summed E-state index contributed by atoms with van der Waals surface area (Å²) < 4.78 is 12.1. The van der Waals surface area contributed by atoms with Crippen molar-refractivity contribution < 1.29 is 24.2 Å². The SMILES string of the molecule is CC(C)[C@H](NC(=O)OC(C)(C)C)C(=O)[C@]1(n2cc(/C=C/Br)c(=O)[nH]c2=O)C[C@H](Cl)[C@@H](CO)O1. The van der Waals surface area contributed by atoms with Crippen molar-refractivity contribution in [3.63, 3.8) is 0 Å². The third kappa shape index (κ3) is 6.14. The minimum absolute atomic E-state index is 0.0713. The highest BCUT2D eigenvalue weighted by atomic mass is 79.9. The van der Waals surface area contributed by atoms with E-state index in [1.165, 1.54) is 17.3 Å². The number of aromatic amines is 1. The van der Waals surface area contributed by atoms with Gasteiger partial charge < -0.3 is 19.9 Å². The molecule has 12 heteroatoms. The second-order valence-corrected chi connectivity index (χ2v) is 10.2. The lowest BCUT2D eigenvalue weighted by molar-refractivity contribution is -0.164. The Morgan fingerprint density at radius 1 is 1.45 bits per heavy atom. The molecule has 1 fully saturated rings. The van der Waals surface area contributed by atoms with Gasteiger partial charge in [-0.05, 0) is 37.8 Å². The van der Waals surface area contributed by atoms with Gasteiger partial charge in [-0.3, -0.25) is 19.1 Å². The number of Topliss-reactive ketones (excluding diaryl/α,β-unsaturated/α-hetero) is 1. The first-order chi connectivity index (χ1) is 15.3. The summed E-state index contributed by atoms with van der Waals surface area (Å²) in [7, 11) is 0. The number of aliphatic hydroxyl groups is 1. The lowest BCUT2D eigenvalue weighted by atomic mass is 9.90. The minimum Gasteiger partial charge on any atom is -0.444 e. The van der Waals surface area contributed by atoms with Crippen LogP contribution in [0.3, 0.4) is 0 Å². The van der Waals surface area contributed by atoms with Crippen LogP contribution in [0.5, 0.6) is 0 Å². The van der Waals surface area contributed by atoms with Gasteiger partial charge in [0, 0.05) is 12.6 Å². The first-order valence-electron chi connectivity index (χ1n) is 10.4. The number of amides is 1. The van der Waals surface area contributed by atoms with Crippen molar-refractivity contribution in [2.24, 2.45) is 5.92 Å². The number of halogens is 2. The summed E-state index contributed by atoms with van der Waals surface area (Å²) in [6.07, 6.45) is 0.619. The van der Waals surface area contributed by atoms with Gasteiger partial charge in [-0.15, -0.1) is 11.6 Å². The van der Waals surface area contributed by atoms with Crippen molar-refractivity contribution in [1.82, 2.24) is 14.9 Å². The Labute approximate surface area is 204 Å². The van der Waals surface area contributed by atoms with Gasteiger partial charge in [-0.1, -0.05) is 29.8 Å². The van der Waals surface area contributed by atoms with Gasteiger partial charge in [-0.25, -0.2) is 9.59 Å². The summed E-state index contributed by atoms with van der Waals surface area (Å²) in [5, 5.41) is 11.4. The average Bonchev–Trinajstić information content (AvgIpc) is 3.03. The summed E-state index contributed by atoms with van der Waals surface area (Å²) >= 11 is 9.44. The zero-order valence-electron chi connectivity index (χ0n) is 19.1. The molecule has 10 nitrogen and oxygen atoms in total. The Balaban J connectivity index is 2.64. The summed E-state index contributed by atoms with van der Waals surface area (Å²) in [6.45, 7) is 7.97. The third-order valence-electron chi connectivity index (χ3n) is 5.01. The van der Waals surface area contributed by atoms with E-state index >= 15 is 0 Å². The predicted molar refractivity (Wildman–Crippen MR) is 126 cm³/mol. The first kappa shape index (κ1) is 27.3. The molecular formula is C21H29BrClN3O7. The molecule has 1 aliphatic rings. The minimum atomic E-state index is -1.99. The van der Waals surface area contributed by atoms with Crippen molar-refractivity contribution in [3.8, 4) is 0 Å². The number of rotatable bonds is 7. The van der Waals surface area contributed by atoms with Gasteiger partial charge in [0.2, 0.25) is 11.5 Å². The molecule has 0 unspecified atom stereocenters. The van der Waals surface area contributed by atoms with Crippen LogP contribution in [0.15, 0.2) is 20.8 Å². The molecule has 1 aromatic rings. The number of aliphatic hydroxyl groups excluding tert-OH is 1. The highest BCUT2D eigenvalue weighted by molar-refractivity contribution is 9.11. The van der Waals surface area contributed by atoms with Crippen molar-refractivity contribution in [2.45, 2.75) is 69.9 Å². The molecule has 1 aliphatic heterocycles. The molecule has 1 amide bonds. The van der Waals surface area contributed by atoms with Crippen molar-refractivity contribution in [1.29, 1.82) is 0 Å². The maximum absolute atomic E-state index is 13.9. The Morgan fingerprint density at radius 3 is 2.58 bits per heavy atom. The Morgan fingerprint density at radius 2 is 2.09 bits per heavy atom. The normalized spacial score (nSPS) is 24.3. The Bertz CT molecular complexity index is 1030. The number of ether oxygens (including phenoxy) is 2. The Kier molecular flexibility index (Phi) is 8.72. The third-order valence-corrected chi connectivity index (χ3v) is 5.71. The molecule has 3 N–H and O–H groups in total. The number of alkyl halides is 1. The number of nitrogens with one attached hydrogen (secondary N) is 2. The number of alkyl carbamates (subject to hydrolysis) is 1. The summed E-state index contributed by atoms with van der Waals surface area (Å²) in [6, 6.07) is -1.13. The van der Waals surface area contributed by atoms with Gasteiger partial charge in [0.1, 0.15) is 11.7 Å². The van der Waals surface area contributed by atoms with Gasteiger partial charge in [-0.2, -0.15) is 0 Å². The van der Waals surface area contributed by atoms with Crippen LogP contribution in [0.2, 0.25) is 0 Å². The number of carbonyl (C=O) groups excluding carboxylic acids is 2. The van der Waals surface area contributed by atoms with E-state index in [1.54, 1.807) is 34.6 Å². The van der Waals surface area contributed by atoms with Crippen LogP contribution in [0.25, 0.3) is 6.08 Å². The highest BCUT2D eigenvalue weighted by Crippen LogP contribution is 2.39. The molecule has 0 aliphatic carbocycles. The van der Waals surface area contributed by atoms with Crippen molar-refractivity contribution in [2.75, 3.05) is 6.61 Å². The topological polar surface area (TPSA) is 140 Å². The summed E-state index contributed by atoms with van der Waals surface area (Å²) in [5.74, 6) is -1.10. The quantitative estimate of drug-likeness (QED) is 0.442. The molecule has 2 rings (SSSR count). The number of ketones is 1. The van der Waals surface area contributed by atoms with Crippen LogP contribution < -0.4 is 16.6 Å². The molecule has 4 atom stereocenters. The van der Waals surface area contributed by atoms with Crippen LogP contribution in [0.1, 0.15) is 46.6 Å². The van der Waals surface area contributed by atoms with Gasteiger partial charge in [0.15, 0.2) is 0 Å². The molecule has 33 heavy (non-hydrogen) atoms. The zero-order chi connectivity index (χ0) is 25.1. The van der Waals surface area contributed by atoms with Gasteiger partial charge in [0.05, 0.1) is 23.6 Å². The Hall–Kier alpha value is -1.95. The fraction of sp³-hybridized carbons (Fsp3) is 0.619. The van der Waals surface area contributed by atoms with E-state index < -0.39 is 64.5 Å². The van der Waals surface area contributed by atoms with Gasteiger partial charge in [0.25, 0.3) is 5.56 Å². The molecule has 1 aromatic heterocycles. The largest absolute Gasteiger partial charge is 0.444 e. The molecule has 0 saturated carbocycles. The second-order valence-electron chi connectivity index (χ2n) is 9.08. The molecular weight excluding hydrogens is 522 g/mol. The van der Waals surface area contributed by atoms with E-state index in [2.05, 4.69) is 26.2 Å². The number of hydrogen-bond donors (Lipinski definition) is 3. The molecule has 184 valence electrons. The molecule has 1 saturated heterocycles. The summed E-state index contributed by atoms with van der Waals surface area (Å²) in [5.41, 5.74) is -4.28. The van der Waals surface area contributed by atoms with Crippen LogP contribution in [0, 0.1) is 5.92 Å². The predicted octanol–water partition coefficient (Wildman–Crippen LogP) is 2.06. The molecule has 0 radical (unpaired) electrons. The fourth-order valence-corrected chi connectivity index (χ4v) is 4.13. The standard InChI is InChI=1S/C21H29BrClN3O7/c1-11(2)15(24-19(31)33-20(3,4)5)16(28)21(8-13(23)14(10-27)32-21)26-9-12(6-7-22)17(29)25-18(26)30/h6-7,9,11,13-15,27H,8,10H2,1-5H3,(H,24,31)(H,25,29,30)/b7-6+/t13-,14+,15-,21-/m0/s1. The maximum Gasteiger partial charge on any atom is 0.408 e. The number of hydrogen-bond acceptors (Lipinski definition) is 7. The van der Waals surface area contributed by atoms with Gasteiger partial charge >= 0.3 is 11.8 Å². The molecule has 2 heterocycles. The lowest BCUT2D eigenvalue weighted by Gasteiger charge is -2.35. The van der Waals surface area contributed by atoms with E-state index in [9.17, 15) is 24.3 Å². The van der Waals surface area contributed by atoms with E-state index in [0.29, 0.717) is 0 Å². The van der Waals surface area contributed by atoms with Crippen LogP contribution in [-0.4, -0.2) is 56.3 Å². The van der Waals surface area contributed by atoms with Crippen LogP contribution in [0.4, 0.5) is 4.79 Å². The van der Waals surface area contributed by atoms with E-state index in [4.69, 9.17) is 21.1 Å². The van der Waals surface area contributed by atoms with Crippen LogP contribution in [-0.2, 0) is 20.0 Å². The molecule has 0 aromatic carbocycles. The smallest absolute Gasteiger partial charge is 0.408 e. The average molecular weight is 551 g/mol. The number of aromatic nitrogens is 2. The van der Waals surface area contributed by atoms with Crippen molar-refractivity contribution >= 4 is 45.5 Å².